The van der Waals surface area contributed by atoms with E-state index in [1.54, 1.807) is 5.32 Å². The molecule has 13 heavy (non-hydrogen) atoms. The summed E-state index contributed by atoms with van der Waals surface area (Å²) < 4.78 is 25.0. The van der Waals surface area contributed by atoms with E-state index in [0.717, 1.165) is 0 Å². The number of rotatable bonds is 5. The van der Waals surface area contributed by atoms with E-state index < -0.39 is 24.2 Å². The molecule has 8 heteroatoms. The monoisotopic (exact) mass is 198 g/mol. The van der Waals surface area contributed by atoms with Crippen molar-refractivity contribution in [3.8, 4) is 0 Å². The number of nitrogens with one attached hydrogen (secondary N) is 1. The van der Waals surface area contributed by atoms with Gasteiger partial charge in [-0.3, -0.25) is 9.59 Å². The molecule has 0 aliphatic carbocycles. The van der Waals surface area contributed by atoms with Crippen molar-refractivity contribution in [2.45, 2.75) is 11.7 Å². The molecule has 0 heterocycles. The van der Waals surface area contributed by atoms with E-state index >= 15 is 0 Å². The average molecular weight is 198 g/mol. The largest absolute Gasteiger partial charge is 0.378 e. The van der Waals surface area contributed by atoms with Crippen molar-refractivity contribution >= 4 is 12.3 Å². The zero-order chi connectivity index (χ0) is 10.7. The molecule has 76 valence electrons. The maximum Gasteiger partial charge on any atom is 0.378 e. The highest BCUT2D eigenvalue weighted by Crippen LogP contribution is 2.25. The lowest BCUT2D eigenvalue weighted by Gasteiger charge is -2.27. The molecule has 0 atom stereocenters. The van der Waals surface area contributed by atoms with Gasteiger partial charge in [0.2, 0.25) is 6.41 Å². The first kappa shape index (κ1) is 11.7. The Balaban J connectivity index is 4.59. The summed E-state index contributed by atoms with van der Waals surface area (Å²) in [6.45, 7) is -1.20. The van der Waals surface area contributed by atoms with E-state index in [-0.39, 0.29) is 6.41 Å². The van der Waals surface area contributed by atoms with Crippen LogP contribution in [0.25, 0.3) is 0 Å². The quantitative estimate of drug-likeness (QED) is 0.289. The molecule has 6 nitrogen and oxygen atoms in total. The summed E-state index contributed by atoms with van der Waals surface area (Å²) in [6, 6.07) is 0. The minimum atomic E-state index is -4.52. The smallest absolute Gasteiger partial charge is 0.364 e. The van der Waals surface area contributed by atoms with Gasteiger partial charge in [-0.15, -0.1) is 0 Å². The minimum absolute atomic E-state index is 0.0295. The zero-order valence-electron chi connectivity index (χ0n) is 6.33. The Morgan fingerprint density at radius 1 is 1.54 bits per heavy atom. The maximum absolute atomic E-state index is 12.5. The number of hydrogen-bond donors (Lipinski definition) is 4. The molecule has 0 aliphatic rings. The second kappa shape index (κ2) is 3.62. The SMILES string of the molecule is NC(=O)C(F)(F)C(O)(O)CNC=O. The van der Waals surface area contributed by atoms with Crippen molar-refractivity contribution in [1.29, 1.82) is 0 Å². The van der Waals surface area contributed by atoms with Crippen LogP contribution in [-0.2, 0) is 9.59 Å². The third-order valence-electron chi connectivity index (χ3n) is 1.24. The van der Waals surface area contributed by atoms with Crippen LogP contribution >= 0.6 is 0 Å². The van der Waals surface area contributed by atoms with E-state index in [9.17, 15) is 18.4 Å². The van der Waals surface area contributed by atoms with Gasteiger partial charge in [-0.05, 0) is 0 Å². The third-order valence-corrected chi connectivity index (χ3v) is 1.24. The average Bonchev–Trinajstić information content (AvgIpc) is 2.00. The molecule has 0 aromatic rings. The van der Waals surface area contributed by atoms with Gasteiger partial charge >= 0.3 is 5.92 Å². The Kier molecular flexibility index (Phi) is 3.27. The molecule has 0 fully saturated rings. The number of nitrogens with two attached hydrogens (primary N) is 1. The fourth-order valence-electron chi connectivity index (χ4n) is 0.492. The van der Waals surface area contributed by atoms with Gasteiger partial charge in [0, 0.05) is 0 Å². The molecule has 0 bridgehead atoms. The highest BCUT2D eigenvalue weighted by atomic mass is 19.3. The molecule has 0 aliphatic heterocycles. The number of primary amides is 1. The van der Waals surface area contributed by atoms with Crippen LogP contribution in [0, 0.1) is 0 Å². The molecule has 5 N–H and O–H groups in total. The topological polar surface area (TPSA) is 113 Å². The van der Waals surface area contributed by atoms with Gasteiger partial charge in [0.1, 0.15) is 0 Å². The van der Waals surface area contributed by atoms with Crippen LogP contribution in [0.3, 0.4) is 0 Å². The molecular formula is C5H8F2N2O4. The first-order valence-electron chi connectivity index (χ1n) is 3.05. The number of hydrogen-bond acceptors (Lipinski definition) is 4. The molecule has 0 aromatic heterocycles. The lowest BCUT2D eigenvalue weighted by Crippen LogP contribution is -2.60. The molecule has 0 saturated carbocycles. The number of carbonyl (C=O) groups excluding carboxylic acids is 2. The van der Waals surface area contributed by atoms with E-state index in [0.29, 0.717) is 0 Å². The summed E-state index contributed by atoms with van der Waals surface area (Å²) in [4.78, 5) is 19.7. The number of alkyl halides is 2. The Hall–Kier alpha value is -1.28. The third kappa shape index (κ3) is 2.33. The van der Waals surface area contributed by atoms with Crippen molar-refractivity contribution in [3.05, 3.63) is 0 Å². The number of amides is 2. The Labute approximate surface area is 71.3 Å². The molecule has 0 aromatic carbocycles. The van der Waals surface area contributed by atoms with Crippen LogP contribution in [0.2, 0.25) is 0 Å². The molecule has 2 amide bonds. The van der Waals surface area contributed by atoms with E-state index in [1.165, 1.54) is 0 Å². The Morgan fingerprint density at radius 2 is 2.00 bits per heavy atom. The number of aliphatic hydroxyl groups is 2. The normalized spacial score (nSPS) is 12.3. The lowest BCUT2D eigenvalue weighted by atomic mass is 10.1. The van der Waals surface area contributed by atoms with Crippen molar-refractivity contribution in [1.82, 2.24) is 5.32 Å². The first-order valence-corrected chi connectivity index (χ1v) is 3.05. The van der Waals surface area contributed by atoms with E-state index in [1.807, 2.05) is 0 Å². The van der Waals surface area contributed by atoms with Gasteiger partial charge in [0.15, 0.2) is 0 Å². The van der Waals surface area contributed by atoms with Crippen LogP contribution in [0.4, 0.5) is 8.78 Å². The maximum atomic E-state index is 12.5. The zero-order valence-corrected chi connectivity index (χ0v) is 6.33. The van der Waals surface area contributed by atoms with E-state index in [4.69, 9.17) is 10.2 Å². The van der Waals surface area contributed by atoms with Gasteiger partial charge in [0.05, 0.1) is 6.54 Å². The molecular weight excluding hydrogens is 190 g/mol. The number of halogens is 2. The summed E-state index contributed by atoms with van der Waals surface area (Å²) in [5, 5.41) is 18.8. The van der Waals surface area contributed by atoms with Crippen molar-refractivity contribution < 1.29 is 28.6 Å². The molecule has 0 saturated heterocycles. The summed E-state index contributed by atoms with van der Waals surface area (Å²) in [6.07, 6.45) is -0.0295. The lowest BCUT2D eigenvalue weighted by molar-refractivity contribution is -0.277. The van der Waals surface area contributed by atoms with Crippen LogP contribution in [-0.4, -0.2) is 40.8 Å². The van der Waals surface area contributed by atoms with E-state index in [2.05, 4.69) is 5.73 Å². The molecule has 0 unspecified atom stereocenters. The summed E-state index contributed by atoms with van der Waals surface area (Å²) in [5.74, 6) is -10.4. The fourth-order valence-corrected chi connectivity index (χ4v) is 0.492. The van der Waals surface area contributed by atoms with Crippen molar-refractivity contribution in [2.75, 3.05) is 6.54 Å². The van der Waals surface area contributed by atoms with Crippen LogP contribution in [0.1, 0.15) is 0 Å². The van der Waals surface area contributed by atoms with Gasteiger partial charge < -0.3 is 21.3 Å². The summed E-state index contributed by atoms with van der Waals surface area (Å²) in [5.41, 5.74) is 4.20. The highest BCUT2D eigenvalue weighted by molar-refractivity contribution is 5.82. The second-order valence-electron chi connectivity index (χ2n) is 2.25. The van der Waals surface area contributed by atoms with Crippen LogP contribution in [0.5, 0.6) is 0 Å². The number of carbonyl (C=O) groups is 2. The fraction of sp³-hybridized carbons (Fsp3) is 0.600. The standard InChI is InChI=1S/C5H8F2N2O4/c6-5(7,3(8)11)4(12,13)1-9-2-10/h2,12-13H,1H2,(H2,8,11)(H,9,10). The predicted octanol–water partition coefficient (Wildman–Crippen LogP) is -2.47. The second-order valence-corrected chi connectivity index (χ2v) is 2.25. The van der Waals surface area contributed by atoms with Gasteiger partial charge in [-0.1, -0.05) is 0 Å². The Bertz CT molecular complexity index is 219. The summed E-state index contributed by atoms with van der Waals surface area (Å²) in [7, 11) is 0. The molecule has 0 spiro atoms. The van der Waals surface area contributed by atoms with Gasteiger partial charge in [0.25, 0.3) is 11.7 Å². The summed E-state index contributed by atoms with van der Waals surface area (Å²) >= 11 is 0. The van der Waals surface area contributed by atoms with Crippen LogP contribution in [0.15, 0.2) is 0 Å². The highest BCUT2D eigenvalue weighted by Gasteiger charge is 2.56. The van der Waals surface area contributed by atoms with Crippen molar-refractivity contribution in [3.63, 3.8) is 0 Å². The Morgan fingerprint density at radius 3 is 2.31 bits per heavy atom. The first-order chi connectivity index (χ1) is 5.75. The predicted molar refractivity (Wildman–Crippen MR) is 35.4 cm³/mol. The van der Waals surface area contributed by atoms with Crippen LogP contribution < -0.4 is 11.1 Å². The van der Waals surface area contributed by atoms with Gasteiger partial charge in [-0.2, -0.15) is 8.78 Å². The molecule has 0 radical (unpaired) electrons. The molecule has 0 rings (SSSR count). The van der Waals surface area contributed by atoms with Crippen molar-refractivity contribution in [2.24, 2.45) is 5.73 Å². The minimum Gasteiger partial charge on any atom is -0.364 e. The van der Waals surface area contributed by atoms with Gasteiger partial charge in [-0.25, -0.2) is 0 Å².